The lowest BCUT2D eigenvalue weighted by atomic mass is 9.77. The van der Waals surface area contributed by atoms with E-state index < -0.39 is 0 Å². The molecule has 1 heteroatoms. The van der Waals surface area contributed by atoms with E-state index in [0.717, 1.165) is 30.4 Å². The van der Waals surface area contributed by atoms with Crippen LogP contribution in [0.15, 0.2) is 43.5 Å². The molecule has 0 atom stereocenters. The first-order chi connectivity index (χ1) is 11.3. The van der Waals surface area contributed by atoms with Gasteiger partial charge in [0.15, 0.2) is 0 Å². The molecule has 1 aromatic rings. The first-order valence-corrected chi connectivity index (χ1v) is 9.25. The molecule has 0 spiro atoms. The second-order valence-electron chi connectivity index (χ2n) is 6.80. The summed E-state index contributed by atoms with van der Waals surface area (Å²) in [6.07, 6.45) is 14.0. The van der Waals surface area contributed by atoms with Crippen LogP contribution in [0, 0.1) is 5.92 Å². The van der Waals surface area contributed by atoms with Gasteiger partial charge in [-0.3, -0.25) is 0 Å². The molecule has 0 saturated heterocycles. The SMILES string of the molecule is C=CCC[C@H]1CC[C@H](c2ccc(OCC=C)c(CCC)c2)CC1. The Morgan fingerprint density at radius 2 is 1.91 bits per heavy atom. The van der Waals surface area contributed by atoms with E-state index in [1.807, 2.05) is 6.08 Å². The summed E-state index contributed by atoms with van der Waals surface area (Å²) in [5.74, 6) is 2.68. The third-order valence-electron chi connectivity index (χ3n) is 5.06. The molecule has 0 N–H and O–H groups in total. The average molecular weight is 312 g/mol. The van der Waals surface area contributed by atoms with Gasteiger partial charge in [-0.25, -0.2) is 0 Å². The van der Waals surface area contributed by atoms with Crippen LogP contribution in [-0.4, -0.2) is 6.61 Å². The van der Waals surface area contributed by atoms with Crippen molar-refractivity contribution < 1.29 is 4.74 Å². The lowest BCUT2D eigenvalue weighted by molar-refractivity contribution is 0.311. The Morgan fingerprint density at radius 1 is 1.13 bits per heavy atom. The van der Waals surface area contributed by atoms with Gasteiger partial charge >= 0.3 is 0 Å². The van der Waals surface area contributed by atoms with Gasteiger partial charge in [-0.1, -0.05) is 44.2 Å². The fourth-order valence-corrected chi connectivity index (χ4v) is 3.75. The van der Waals surface area contributed by atoms with Crippen molar-refractivity contribution in [2.75, 3.05) is 6.61 Å². The van der Waals surface area contributed by atoms with E-state index in [1.54, 1.807) is 0 Å². The summed E-state index contributed by atoms with van der Waals surface area (Å²) >= 11 is 0. The maximum absolute atomic E-state index is 5.82. The Morgan fingerprint density at radius 3 is 2.57 bits per heavy atom. The molecular formula is C22H32O. The van der Waals surface area contributed by atoms with E-state index in [0.29, 0.717) is 6.61 Å². The van der Waals surface area contributed by atoms with E-state index in [2.05, 4.69) is 44.4 Å². The topological polar surface area (TPSA) is 9.23 Å². The molecule has 1 aliphatic carbocycles. The third kappa shape index (κ3) is 5.27. The van der Waals surface area contributed by atoms with Crippen LogP contribution in [-0.2, 0) is 6.42 Å². The molecule has 0 unspecified atom stereocenters. The largest absolute Gasteiger partial charge is 0.489 e. The Kier molecular flexibility index (Phi) is 7.45. The minimum Gasteiger partial charge on any atom is -0.489 e. The standard InChI is InChI=1S/C22H32O/c1-4-7-9-18-10-12-19(13-11-18)20-14-15-22(23-16-6-3)21(17-20)8-5-2/h4,6,14-15,17-19H,1,3,5,7-13,16H2,2H3/t18-,19-. The highest BCUT2D eigenvalue weighted by molar-refractivity contribution is 5.39. The molecular weight excluding hydrogens is 280 g/mol. The summed E-state index contributed by atoms with van der Waals surface area (Å²) in [7, 11) is 0. The smallest absolute Gasteiger partial charge is 0.122 e. The maximum Gasteiger partial charge on any atom is 0.122 e. The lowest BCUT2D eigenvalue weighted by Gasteiger charge is -2.29. The predicted octanol–water partition coefficient (Wildman–Crippen LogP) is 6.44. The van der Waals surface area contributed by atoms with Gasteiger partial charge in [-0.2, -0.15) is 0 Å². The number of benzene rings is 1. The van der Waals surface area contributed by atoms with E-state index in [4.69, 9.17) is 4.74 Å². The zero-order valence-corrected chi connectivity index (χ0v) is 14.7. The highest BCUT2D eigenvalue weighted by Crippen LogP contribution is 2.38. The van der Waals surface area contributed by atoms with Crippen LogP contribution in [0.1, 0.15) is 68.9 Å². The molecule has 126 valence electrons. The summed E-state index contributed by atoms with van der Waals surface area (Å²) in [6.45, 7) is 10.4. The van der Waals surface area contributed by atoms with Crippen LogP contribution >= 0.6 is 0 Å². The molecule has 0 aromatic heterocycles. The average Bonchev–Trinajstić information content (AvgIpc) is 2.59. The molecule has 0 heterocycles. The molecule has 23 heavy (non-hydrogen) atoms. The minimum absolute atomic E-state index is 0.588. The quantitative estimate of drug-likeness (QED) is 0.476. The van der Waals surface area contributed by atoms with Gasteiger partial charge in [-0.05, 0) is 74.0 Å². The van der Waals surface area contributed by atoms with Crippen LogP contribution < -0.4 is 4.74 Å². The van der Waals surface area contributed by atoms with Crippen molar-refractivity contribution >= 4 is 0 Å². The van der Waals surface area contributed by atoms with Gasteiger partial charge in [0.1, 0.15) is 12.4 Å². The zero-order chi connectivity index (χ0) is 16.5. The fourth-order valence-electron chi connectivity index (χ4n) is 3.75. The molecule has 0 radical (unpaired) electrons. The molecule has 1 aliphatic rings. The van der Waals surface area contributed by atoms with Gasteiger partial charge in [0.2, 0.25) is 0 Å². The fraction of sp³-hybridized carbons (Fsp3) is 0.545. The summed E-state index contributed by atoms with van der Waals surface area (Å²) in [5, 5.41) is 0. The van der Waals surface area contributed by atoms with Crippen molar-refractivity contribution in [3.63, 3.8) is 0 Å². The van der Waals surface area contributed by atoms with E-state index in [-0.39, 0.29) is 0 Å². The van der Waals surface area contributed by atoms with Crippen molar-refractivity contribution in [3.05, 3.63) is 54.6 Å². The Hall–Kier alpha value is -1.50. The first-order valence-electron chi connectivity index (χ1n) is 9.25. The van der Waals surface area contributed by atoms with Crippen molar-refractivity contribution in [1.29, 1.82) is 0 Å². The Labute approximate surface area is 142 Å². The van der Waals surface area contributed by atoms with Crippen LogP contribution in [0.5, 0.6) is 5.75 Å². The molecule has 0 bridgehead atoms. The van der Waals surface area contributed by atoms with Gasteiger partial charge in [-0.15, -0.1) is 6.58 Å². The van der Waals surface area contributed by atoms with E-state index >= 15 is 0 Å². The minimum atomic E-state index is 0.588. The van der Waals surface area contributed by atoms with Gasteiger partial charge in [0.25, 0.3) is 0 Å². The highest BCUT2D eigenvalue weighted by atomic mass is 16.5. The van der Waals surface area contributed by atoms with Crippen molar-refractivity contribution in [1.82, 2.24) is 0 Å². The summed E-state index contributed by atoms with van der Waals surface area (Å²) in [5.41, 5.74) is 2.88. The second kappa shape index (κ2) is 9.60. The van der Waals surface area contributed by atoms with Crippen LogP contribution in [0.4, 0.5) is 0 Å². The molecule has 1 saturated carbocycles. The van der Waals surface area contributed by atoms with Gasteiger partial charge in [0, 0.05) is 0 Å². The maximum atomic E-state index is 5.82. The molecule has 1 aromatic carbocycles. The number of allylic oxidation sites excluding steroid dienone is 1. The van der Waals surface area contributed by atoms with E-state index in [1.165, 1.54) is 49.7 Å². The monoisotopic (exact) mass is 312 g/mol. The van der Waals surface area contributed by atoms with Gasteiger partial charge < -0.3 is 4.74 Å². The van der Waals surface area contributed by atoms with Crippen LogP contribution in [0.3, 0.4) is 0 Å². The lowest BCUT2D eigenvalue weighted by Crippen LogP contribution is -2.13. The Balaban J connectivity index is 2.01. The highest BCUT2D eigenvalue weighted by Gasteiger charge is 2.22. The molecule has 2 rings (SSSR count). The predicted molar refractivity (Wildman–Crippen MR) is 100 cm³/mol. The van der Waals surface area contributed by atoms with Crippen molar-refractivity contribution in [2.24, 2.45) is 5.92 Å². The summed E-state index contributed by atoms with van der Waals surface area (Å²) < 4.78 is 5.82. The normalized spacial score (nSPS) is 20.9. The number of aryl methyl sites for hydroxylation is 1. The second-order valence-corrected chi connectivity index (χ2v) is 6.80. The van der Waals surface area contributed by atoms with Crippen molar-refractivity contribution in [2.45, 2.75) is 64.2 Å². The molecule has 0 aliphatic heterocycles. The van der Waals surface area contributed by atoms with Crippen molar-refractivity contribution in [3.8, 4) is 5.75 Å². The number of ether oxygens (including phenoxy) is 1. The van der Waals surface area contributed by atoms with Crippen LogP contribution in [0.2, 0.25) is 0 Å². The van der Waals surface area contributed by atoms with E-state index in [9.17, 15) is 0 Å². The number of hydrogen-bond acceptors (Lipinski definition) is 1. The summed E-state index contributed by atoms with van der Waals surface area (Å²) in [4.78, 5) is 0. The molecule has 0 amide bonds. The Bertz CT molecular complexity index is 495. The van der Waals surface area contributed by atoms with Crippen LogP contribution in [0.25, 0.3) is 0 Å². The number of rotatable bonds is 9. The molecule has 1 nitrogen and oxygen atoms in total. The zero-order valence-electron chi connectivity index (χ0n) is 14.7. The third-order valence-corrected chi connectivity index (χ3v) is 5.06. The first kappa shape index (κ1) is 17.8. The number of hydrogen-bond donors (Lipinski definition) is 0. The summed E-state index contributed by atoms with van der Waals surface area (Å²) in [6, 6.07) is 6.86. The molecule has 1 fully saturated rings. The van der Waals surface area contributed by atoms with Gasteiger partial charge in [0.05, 0.1) is 0 Å².